The lowest BCUT2D eigenvalue weighted by Gasteiger charge is -2.26. The lowest BCUT2D eigenvalue weighted by Crippen LogP contribution is -2.40. The van der Waals surface area contributed by atoms with Gasteiger partial charge in [0.1, 0.15) is 11.6 Å². The number of nitrogens with zero attached hydrogens (tertiary/aromatic N) is 2. The van der Waals surface area contributed by atoms with Gasteiger partial charge in [-0.25, -0.2) is 12.8 Å². The van der Waals surface area contributed by atoms with Crippen LogP contribution in [0, 0.1) is 5.82 Å². The Bertz CT molecular complexity index is 1140. The average Bonchev–Trinajstić information content (AvgIpc) is 3.40. The van der Waals surface area contributed by atoms with Crippen LogP contribution in [0.1, 0.15) is 22.7 Å². The maximum Gasteiger partial charge on any atom is 0.276 e. The molecule has 0 spiro atoms. The molecule has 29 heavy (non-hydrogen) atoms. The van der Waals surface area contributed by atoms with Crippen molar-refractivity contribution in [2.75, 3.05) is 11.5 Å². The van der Waals surface area contributed by atoms with Crippen LogP contribution in [-0.4, -0.2) is 41.9 Å². The van der Waals surface area contributed by atoms with Gasteiger partial charge in [-0.15, -0.1) is 0 Å². The van der Waals surface area contributed by atoms with E-state index in [1.807, 2.05) is 0 Å². The molecule has 1 aliphatic heterocycles. The minimum absolute atomic E-state index is 0.0307. The van der Waals surface area contributed by atoms with Gasteiger partial charge in [0.25, 0.3) is 5.91 Å². The van der Waals surface area contributed by atoms with E-state index in [0.717, 1.165) is 0 Å². The zero-order valence-corrected chi connectivity index (χ0v) is 17.4. The van der Waals surface area contributed by atoms with Crippen LogP contribution in [0.4, 0.5) is 4.39 Å². The maximum absolute atomic E-state index is 13.1. The maximum atomic E-state index is 13.1. The van der Waals surface area contributed by atoms with Crippen molar-refractivity contribution >= 4 is 31.7 Å². The Balaban J connectivity index is 1.61. The van der Waals surface area contributed by atoms with E-state index in [-0.39, 0.29) is 29.6 Å². The van der Waals surface area contributed by atoms with E-state index in [1.165, 1.54) is 35.2 Å². The van der Waals surface area contributed by atoms with Crippen molar-refractivity contribution in [3.63, 3.8) is 0 Å². The number of hydrogen-bond acceptors (Lipinski definition) is 6. The number of sulfone groups is 1. The molecule has 3 aromatic rings. The largest absolute Gasteiger partial charge is 0.452 e. The third-order valence-electron chi connectivity index (χ3n) is 4.72. The molecule has 1 saturated heterocycles. The zero-order valence-electron chi connectivity index (χ0n) is 15.0. The van der Waals surface area contributed by atoms with Gasteiger partial charge in [0, 0.05) is 17.7 Å². The van der Waals surface area contributed by atoms with Crippen LogP contribution in [0.2, 0.25) is 0 Å². The summed E-state index contributed by atoms with van der Waals surface area (Å²) in [6.45, 7) is 0.101. The second kappa shape index (κ2) is 7.75. The smallest absolute Gasteiger partial charge is 0.276 e. The van der Waals surface area contributed by atoms with E-state index >= 15 is 0 Å². The van der Waals surface area contributed by atoms with Gasteiger partial charge in [0.2, 0.25) is 0 Å². The first-order valence-electron chi connectivity index (χ1n) is 8.79. The monoisotopic (exact) mass is 482 g/mol. The van der Waals surface area contributed by atoms with E-state index in [4.69, 9.17) is 8.94 Å². The molecular formula is C19H16BrFN2O5S. The summed E-state index contributed by atoms with van der Waals surface area (Å²) in [6.07, 6.45) is 0.346. The second-order valence-electron chi connectivity index (χ2n) is 6.78. The first kappa shape index (κ1) is 19.8. The van der Waals surface area contributed by atoms with Gasteiger partial charge in [0.05, 0.1) is 18.1 Å². The van der Waals surface area contributed by atoms with Crippen LogP contribution < -0.4 is 0 Å². The Kier molecular flexibility index (Phi) is 5.30. The summed E-state index contributed by atoms with van der Waals surface area (Å²) in [4.78, 5) is 14.6. The highest BCUT2D eigenvalue weighted by Crippen LogP contribution is 2.26. The molecule has 0 radical (unpaired) electrons. The van der Waals surface area contributed by atoms with Gasteiger partial charge in [-0.2, -0.15) is 0 Å². The molecule has 3 heterocycles. The Morgan fingerprint density at radius 3 is 2.62 bits per heavy atom. The van der Waals surface area contributed by atoms with Crippen molar-refractivity contribution in [1.82, 2.24) is 10.1 Å². The second-order valence-corrected chi connectivity index (χ2v) is 9.79. The van der Waals surface area contributed by atoms with E-state index in [0.29, 0.717) is 28.2 Å². The summed E-state index contributed by atoms with van der Waals surface area (Å²) in [6, 6.07) is 9.99. The zero-order chi connectivity index (χ0) is 20.6. The van der Waals surface area contributed by atoms with E-state index in [9.17, 15) is 17.6 Å². The molecule has 4 rings (SSSR count). The van der Waals surface area contributed by atoms with Crippen molar-refractivity contribution in [1.29, 1.82) is 0 Å². The highest BCUT2D eigenvalue weighted by Gasteiger charge is 2.36. The molecule has 0 saturated carbocycles. The topological polar surface area (TPSA) is 93.6 Å². The molecular weight excluding hydrogens is 467 g/mol. The van der Waals surface area contributed by atoms with Gasteiger partial charge >= 0.3 is 0 Å². The number of halogens is 2. The summed E-state index contributed by atoms with van der Waals surface area (Å²) >= 11 is 3.22. The van der Waals surface area contributed by atoms with Crippen molar-refractivity contribution < 1.29 is 26.5 Å². The van der Waals surface area contributed by atoms with Gasteiger partial charge in [0.15, 0.2) is 26.0 Å². The highest BCUT2D eigenvalue weighted by molar-refractivity contribution is 9.10. The van der Waals surface area contributed by atoms with Crippen LogP contribution in [0.15, 0.2) is 56.1 Å². The van der Waals surface area contributed by atoms with Crippen molar-refractivity contribution in [2.45, 2.75) is 19.0 Å². The summed E-state index contributed by atoms with van der Waals surface area (Å²) in [7, 11) is -3.20. The van der Waals surface area contributed by atoms with Crippen LogP contribution >= 0.6 is 15.9 Å². The number of carbonyl (C=O) groups is 1. The van der Waals surface area contributed by atoms with Crippen molar-refractivity contribution in [2.24, 2.45) is 0 Å². The molecule has 1 amide bonds. The first-order chi connectivity index (χ1) is 13.8. The van der Waals surface area contributed by atoms with Crippen LogP contribution in [0.25, 0.3) is 11.3 Å². The number of furan rings is 1. The Morgan fingerprint density at radius 1 is 1.24 bits per heavy atom. The number of benzene rings is 1. The third-order valence-corrected chi connectivity index (χ3v) is 6.90. The molecule has 0 bridgehead atoms. The normalized spacial score (nSPS) is 18.1. The summed E-state index contributed by atoms with van der Waals surface area (Å²) < 4.78 is 48.3. The highest BCUT2D eigenvalue weighted by atomic mass is 79.9. The molecule has 152 valence electrons. The third kappa shape index (κ3) is 4.43. The number of aromatic nitrogens is 1. The number of hydrogen-bond donors (Lipinski definition) is 0. The average molecular weight is 483 g/mol. The molecule has 1 aromatic carbocycles. The van der Waals surface area contributed by atoms with E-state index in [2.05, 4.69) is 21.1 Å². The van der Waals surface area contributed by atoms with E-state index < -0.39 is 21.8 Å². The number of amides is 1. The van der Waals surface area contributed by atoms with Gasteiger partial charge in [-0.05, 0) is 58.7 Å². The van der Waals surface area contributed by atoms with Crippen LogP contribution in [0.5, 0.6) is 0 Å². The minimum Gasteiger partial charge on any atom is -0.452 e. The Labute approximate surface area is 174 Å². The fraction of sp³-hybridized carbons (Fsp3) is 0.263. The standard InChI is InChI=1S/C19H16BrFN2O5S/c20-18-6-5-15(27-18)10-23(14-7-8-29(25,26)11-14)19(24)16-9-17(28-22-16)12-1-3-13(21)4-2-12/h1-6,9,14H,7-8,10-11H2. The number of rotatable bonds is 5. The Morgan fingerprint density at radius 2 is 2.00 bits per heavy atom. The summed E-state index contributed by atoms with van der Waals surface area (Å²) in [5.41, 5.74) is 0.613. The molecule has 7 nitrogen and oxygen atoms in total. The fourth-order valence-electron chi connectivity index (χ4n) is 3.27. The minimum atomic E-state index is -3.20. The fourth-order valence-corrected chi connectivity index (χ4v) is 5.34. The Hall–Kier alpha value is -2.46. The van der Waals surface area contributed by atoms with Crippen LogP contribution in [0.3, 0.4) is 0 Å². The number of carbonyl (C=O) groups excluding carboxylic acids is 1. The molecule has 0 aliphatic carbocycles. The quantitative estimate of drug-likeness (QED) is 0.550. The predicted molar refractivity (Wildman–Crippen MR) is 105 cm³/mol. The van der Waals surface area contributed by atoms with Gasteiger partial charge in [-0.1, -0.05) is 5.16 Å². The van der Waals surface area contributed by atoms with Crippen LogP contribution in [-0.2, 0) is 16.4 Å². The molecule has 1 unspecified atom stereocenters. The molecule has 2 aromatic heterocycles. The van der Waals surface area contributed by atoms with Gasteiger partial charge < -0.3 is 13.8 Å². The first-order valence-corrected chi connectivity index (χ1v) is 11.4. The molecule has 0 N–H and O–H groups in total. The molecule has 1 atom stereocenters. The van der Waals surface area contributed by atoms with Crippen molar-refractivity contribution in [3.8, 4) is 11.3 Å². The summed E-state index contributed by atoms with van der Waals surface area (Å²) in [5.74, 6) is -0.101. The molecule has 1 fully saturated rings. The lowest BCUT2D eigenvalue weighted by molar-refractivity contribution is 0.0655. The lowest BCUT2D eigenvalue weighted by atomic mass is 10.1. The molecule has 1 aliphatic rings. The van der Waals surface area contributed by atoms with Gasteiger partial charge in [-0.3, -0.25) is 4.79 Å². The molecule has 10 heteroatoms. The summed E-state index contributed by atoms with van der Waals surface area (Å²) in [5, 5.41) is 3.84. The van der Waals surface area contributed by atoms with Crippen molar-refractivity contribution in [3.05, 3.63) is 64.4 Å². The van der Waals surface area contributed by atoms with E-state index in [1.54, 1.807) is 12.1 Å². The predicted octanol–water partition coefficient (Wildman–Crippen LogP) is 3.67. The SMILES string of the molecule is O=C(c1cc(-c2ccc(F)cc2)on1)N(Cc1ccc(Br)o1)C1CCS(=O)(=O)C1.